The molecule has 3 nitrogen and oxygen atoms in total. The van der Waals surface area contributed by atoms with Gasteiger partial charge in [-0.25, -0.2) is 9.78 Å². The summed E-state index contributed by atoms with van der Waals surface area (Å²) in [7, 11) is 0. The summed E-state index contributed by atoms with van der Waals surface area (Å²) < 4.78 is 0. The number of unbranched alkanes of at least 4 members (excludes halogenated alkanes) is 1. The van der Waals surface area contributed by atoms with Crippen LogP contribution in [-0.4, -0.2) is 16.1 Å². The van der Waals surface area contributed by atoms with E-state index in [1.807, 2.05) is 36.4 Å². The molecule has 24 heavy (non-hydrogen) atoms. The number of halogens is 1. The number of nitrogens with zero attached hydrogens (tertiary/aromatic N) is 1. The van der Waals surface area contributed by atoms with Gasteiger partial charge in [-0.05, 0) is 42.7 Å². The minimum absolute atomic E-state index is 0.258. The maximum absolute atomic E-state index is 11.7. The van der Waals surface area contributed by atoms with Crippen molar-refractivity contribution in [1.29, 1.82) is 0 Å². The summed E-state index contributed by atoms with van der Waals surface area (Å²) in [6, 6.07) is 14.8. The van der Waals surface area contributed by atoms with E-state index in [1.165, 1.54) is 0 Å². The van der Waals surface area contributed by atoms with E-state index in [-0.39, 0.29) is 5.56 Å². The van der Waals surface area contributed by atoms with Crippen LogP contribution in [0.25, 0.3) is 22.2 Å². The van der Waals surface area contributed by atoms with Crippen LogP contribution in [0.15, 0.2) is 48.5 Å². The van der Waals surface area contributed by atoms with Gasteiger partial charge in [-0.15, -0.1) is 0 Å². The van der Waals surface area contributed by atoms with Gasteiger partial charge in [0.05, 0.1) is 16.8 Å². The van der Waals surface area contributed by atoms with E-state index >= 15 is 0 Å². The van der Waals surface area contributed by atoms with Gasteiger partial charge in [-0.3, -0.25) is 0 Å². The summed E-state index contributed by atoms with van der Waals surface area (Å²) in [6.45, 7) is 2.14. The van der Waals surface area contributed by atoms with Crippen molar-refractivity contribution in [3.05, 3.63) is 64.7 Å². The molecule has 0 aliphatic heterocycles. The van der Waals surface area contributed by atoms with Crippen molar-refractivity contribution in [2.24, 2.45) is 0 Å². The van der Waals surface area contributed by atoms with Gasteiger partial charge in [-0.1, -0.05) is 49.2 Å². The third-order valence-electron chi connectivity index (χ3n) is 4.07. The maximum atomic E-state index is 11.7. The third-order valence-corrected chi connectivity index (χ3v) is 4.40. The number of rotatable bonds is 5. The number of aromatic nitrogens is 1. The summed E-state index contributed by atoms with van der Waals surface area (Å²) in [6.07, 6.45) is 3.13. The normalized spacial score (nSPS) is 10.9. The number of benzene rings is 2. The van der Waals surface area contributed by atoms with Gasteiger partial charge in [0, 0.05) is 16.0 Å². The first-order valence-electron chi connectivity index (χ1n) is 8.02. The number of aromatic carboxylic acids is 1. The second kappa shape index (κ2) is 7.02. The quantitative estimate of drug-likeness (QED) is 0.658. The van der Waals surface area contributed by atoms with E-state index in [1.54, 1.807) is 12.1 Å². The SMILES string of the molecule is CCCCc1ccc2nc(-c3ccccc3Cl)cc(C(=O)O)c2c1. The number of fused-ring (bicyclic) bond motifs is 1. The monoisotopic (exact) mass is 339 g/mol. The molecule has 122 valence electrons. The maximum Gasteiger partial charge on any atom is 0.336 e. The number of carboxylic acids is 1. The van der Waals surface area contributed by atoms with Crippen molar-refractivity contribution < 1.29 is 9.90 Å². The fourth-order valence-electron chi connectivity index (χ4n) is 2.79. The van der Waals surface area contributed by atoms with Crippen LogP contribution in [0.2, 0.25) is 5.02 Å². The molecule has 1 heterocycles. The van der Waals surface area contributed by atoms with Crippen LogP contribution < -0.4 is 0 Å². The summed E-state index contributed by atoms with van der Waals surface area (Å²) in [5.74, 6) is -0.955. The van der Waals surface area contributed by atoms with E-state index in [4.69, 9.17) is 11.6 Å². The molecule has 3 aromatic rings. The molecule has 0 aliphatic rings. The summed E-state index contributed by atoms with van der Waals surface area (Å²) >= 11 is 6.24. The van der Waals surface area contributed by atoms with E-state index in [9.17, 15) is 9.90 Å². The van der Waals surface area contributed by atoms with Crippen LogP contribution in [0.3, 0.4) is 0 Å². The molecule has 0 aliphatic carbocycles. The highest BCUT2D eigenvalue weighted by Gasteiger charge is 2.14. The number of aryl methyl sites for hydroxylation is 1. The van der Waals surface area contributed by atoms with E-state index in [2.05, 4.69) is 11.9 Å². The van der Waals surface area contributed by atoms with Crippen molar-refractivity contribution >= 4 is 28.5 Å². The highest BCUT2D eigenvalue weighted by Crippen LogP contribution is 2.30. The molecule has 0 saturated carbocycles. The Labute approximate surface area is 145 Å². The molecule has 0 unspecified atom stereocenters. The number of pyridine rings is 1. The highest BCUT2D eigenvalue weighted by molar-refractivity contribution is 6.33. The van der Waals surface area contributed by atoms with Crippen molar-refractivity contribution in [1.82, 2.24) is 4.98 Å². The smallest absolute Gasteiger partial charge is 0.336 e. The van der Waals surface area contributed by atoms with Gasteiger partial charge in [0.15, 0.2) is 0 Å². The zero-order valence-corrected chi connectivity index (χ0v) is 14.2. The molecular weight excluding hydrogens is 322 g/mol. The minimum Gasteiger partial charge on any atom is -0.478 e. The number of carboxylic acid groups (broad SMARTS) is 1. The standard InChI is InChI=1S/C20H18ClNO2/c1-2-3-6-13-9-10-18-15(11-13)16(20(23)24)12-19(22-18)14-7-4-5-8-17(14)21/h4-5,7-12H,2-3,6H2,1H3,(H,23,24). The Balaban J connectivity index is 2.18. The Morgan fingerprint density at radius 3 is 2.67 bits per heavy atom. The average Bonchev–Trinajstić information content (AvgIpc) is 2.59. The molecule has 0 bridgehead atoms. The van der Waals surface area contributed by atoms with Gasteiger partial charge >= 0.3 is 5.97 Å². The molecule has 4 heteroatoms. The Morgan fingerprint density at radius 2 is 1.96 bits per heavy atom. The zero-order chi connectivity index (χ0) is 17.1. The molecule has 0 amide bonds. The fraction of sp³-hybridized carbons (Fsp3) is 0.200. The van der Waals surface area contributed by atoms with Crippen molar-refractivity contribution in [2.75, 3.05) is 0 Å². The Morgan fingerprint density at radius 1 is 1.17 bits per heavy atom. The Kier molecular flexibility index (Phi) is 4.81. The van der Waals surface area contributed by atoms with Crippen molar-refractivity contribution in [3.8, 4) is 11.3 Å². The summed E-state index contributed by atoms with van der Waals surface area (Å²) in [5, 5.41) is 10.9. The van der Waals surface area contributed by atoms with Crippen LogP contribution >= 0.6 is 11.6 Å². The van der Waals surface area contributed by atoms with Crippen LogP contribution in [-0.2, 0) is 6.42 Å². The van der Waals surface area contributed by atoms with Crippen LogP contribution in [0, 0.1) is 0 Å². The molecule has 0 radical (unpaired) electrons. The van der Waals surface area contributed by atoms with E-state index in [0.29, 0.717) is 21.6 Å². The van der Waals surface area contributed by atoms with Crippen molar-refractivity contribution in [3.63, 3.8) is 0 Å². The Hall–Kier alpha value is -2.39. The third kappa shape index (κ3) is 3.26. The Bertz CT molecular complexity index is 905. The number of carbonyl (C=O) groups is 1. The molecule has 1 aromatic heterocycles. The highest BCUT2D eigenvalue weighted by atomic mass is 35.5. The lowest BCUT2D eigenvalue weighted by molar-refractivity contribution is 0.0699. The fourth-order valence-corrected chi connectivity index (χ4v) is 3.03. The van der Waals surface area contributed by atoms with Gasteiger partial charge in [0.2, 0.25) is 0 Å². The summed E-state index contributed by atoms with van der Waals surface area (Å²) in [5.41, 5.74) is 3.38. The first-order valence-corrected chi connectivity index (χ1v) is 8.40. The second-order valence-corrected chi connectivity index (χ2v) is 6.20. The lowest BCUT2D eigenvalue weighted by Gasteiger charge is -2.10. The first kappa shape index (κ1) is 16.5. The van der Waals surface area contributed by atoms with Crippen molar-refractivity contribution in [2.45, 2.75) is 26.2 Å². The lowest BCUT2D eigenvalue weighted by Crippen LogP contribution is -2.01. The van der Waals surface area contributed by atoms with Crippen LogP contribution in [0.4, 0.5) is 0 Å². The first-order chi connectivity index (χ1) is 11.6. The topological polar surface area (TPSA) is 50.2 Å². The van der Waals surface area contributed by atoms with Crippen LogP contribution in [0.5, 0.6) is 0 Å². The number of hydrogen-bond donors (Lipinski definition) is 1. The predicted octanol–water partition coefficient (Wildman–Crippen LogP) is 5.60. The minimum atomic E-state index is -0.955. The predicted molar refractivity (Wildman–Crippen MR) is 97.8 cm³/mol. The molecule has 0 saturated heterocycles. The second-order valence-electron chi connectivity index (χ2n) is 5.80. The van der Waals surface area contributed by atoms with E-state index in [0.717, 1.165) is 30.4 Å². The average molecular weight is 340 g/mol. The van der Waals surface area contributed by atoms with Gasteiger partial charge < -0.3 is 5.11 Å². The molecule has 0 atom stereocenters. The van der Waals surface area contributed by atoms with Gasteiger partial charge in [-0.2, -0.15) is 0 Å². The number of hydrogen-bond acceptors (Lipinski definition) is 2. The molecule has 1 N–H and O–H groups in total. The van der Waals surface area contributed by atoms with E-state index < -0.39 is 5.97 Å². The van der Waals surface area contributed by atoms with Gasteiger partial charge in [0.1, 0.15) is 0 Å². The summed E-state index contributed by atoms with van der Waals surface area (Å²) in [4.78, 5) is 16.4. The molecular formula is C20H18ClNO2. The van der Waals surface area contributed by atoms with Gasteiger partial charge in [0.25, 0.3) is 0 Å². The zero-order valence-electron chi connectivity index (χ0n) is 13.4. The van der Waals surface area contributed by atoms with Crippen LogP contribution in [0.1, 0.15) is 35.7 Å². The largest absolute Gasteiger partial charge is 0.478 e. The molecule has 0 spiro atoms. The molecule has 2 aromatic carbocycles. The molecule has 3 rings (SSSR count). The lowest BCUT2D eigenvalue weighted by atomic mass is 10.0. The molecule has 0 fully saturated rings.